The molecule has 1 aliphatic rings. The Hall–Kier alpha value is -1.63. The zero-order valence-electron chi connectivity index (χ0n) is 11.2. The Bertz CT molecular complexity index is 455. The first kappa shape index (κ1) is 14.8. The number of carbonyl (C=O) groups is 2. The first-order valence-electron chi connectivity index (χ1n) is 6.76. The molecule has 0 saturated heterocycles. The lowest BCUT2D eigenvalue weighted by atomic mass is 9.93. The molecule has 0 unspecified atom stereocenters. The number of aromatic nitrogens is 1. The van der Waals surface area contributed by atoms with E-state index in [4.69, 9.17) is 5.11 Å². The van der Waals surface area contributed by atoms with E-state index in [1.54, 1.807) is 17.5 Å². The molecule has 0 aliphatic heterocycles. The van der Waals surface area contributed by atoms with Gasteiger partial charge in [-0.2, -0.15) is 0 Å². The summed E-state index contributed by atoms with van der Waals surface area (Å²) < 4.78 is 0. The molecule has 1 aromatic heterocycles. The summed E-state index contributed by atoms with van der Waals surface area (Å²) in [5.74, 6) is -0.866. The van der Waals surface area contributed by atoms with Crippen LogP contribution in [0.1, 0.15) is 37.1 Å². The highest BCUT2D eigenvalue weighted by molar-refractivity contribution is 7.09. The Morgan fingerprint density at radius 2 is 2.15 bits per heavy atom. The Labute approximate surface area is 121 Å². The van der Waals surface area contributed by atoms with Crippen LogP contribution in [-0.2, 0) is 11.2 Å². The molecule has 0 bridgehead atoms. The van der Waals surface area contributed by atoms with Gasteiger partial charge in [0, 0.05) is 24.5 Å². The van der Waals surface area contributed by atoms with Crippen molar-refractivity contribution in [3.8, 4) is 0 Å². The maximum absolute atomic E-state index is 11.9. The number of hydrogen-bond donors (Lipinski definition) is 3. The van der Waals surface area contributed by atoms with Crippen LogP contribution >= 0.6 is 11.3 Å². The summed E-state index contributed by atoms with van der Waals surface area (Å²) in [6, 6.07) is -0.287. The molecule has 110 valence electrons. The van der Waals surface area contributed by atoms with Gasteiger partial charge >= 0.3 is 12.0 Å². The van der Waals surface area contributed by atoms with E-state index in [0.29, 0.717) is 13.0 Å². The predicted octanol–water partition coefficient (Wildman–Crippen LogP) is 1.77. The lowest BCUT2D eigenvalue weighted by molar-refractivity contribution is -0.138. The van der Waals surface area contributed by atoms with Crippen molar-refractivity contribution in [3.05, 3.63) is 16.6 Å². The maximum atomic E-state index is 11.9. The zero-order valence-corrected chi connectivity index (χ0v) is 12.0. The highest BCUT2D eigenvalue weighted by atomic mass is 32.1. The smallest absolute Gasteiger partial charge is 0.315 e. The van der Waals surface area contributed by atoms with Crippen molar-refractivity contribution in [1.29, 1.82) is 0 Å². The molecule has 0 radical (unpaired) electrons. The van der Waals surface area contributed by atoms with Gasteiger partial charge in [-0.15, -0.1) is 11.3 Å². The monoisotopic (exact) mass is 297 g/mol. The minimum Gasteiger partial charge on any atom is -0.481 e. The van der Waals surface area contributed by atoms with Gasteiger partial charge in [-0.05, 0) is 12.8 Å². The number of thiazole rings is 1. The fourth-order valence-electron chi connectivity index (χ4n) is 2.63. The molecule has 1 aliphatic carbocycles. The van der Waals surface area contributed by atoms with Gasteiger partial charge in [0.25, 0.3) is 0 Å². The number of nitrogens with one attached hydrogen (secondary N) is 2. The van der Waals surface area contributed by atoms with Crippen LogP contribution in [0.5, 0.6) is 0 Å². The number of nitrogens with zero attached hydrogens (tertiary/aromatic N) is 1. The van der Waals surface area contributed by atoms with Gasteiger partial charge in [-0.3, -0.25) is 4.79 Å². The van der Waals surface area contributed by atoms with Gasteiger partial charge in [0.15, 0.2) is 0 Å². The molecular formula is C13H19N3O3S. The van der Waals surface area contributed by atoms with E-state index in [1.165, 1.54) is 0 Å². The number of rotatable bonds is 6. The van der Waals surface area contributed by atoms with Gasteiger partial charge in [-0.1, -0.05) is 12.8 Å². The summed E-state index contributed by atoms with van der Waals surface area (Å²) >= 11 is 1.55. The number of hydrogen-bond acceptors (Lipinski definition) is 4. The molecular weight excluding hydrogens is 278 g/mol. The minimum absolute atomic E-state index is 0.00704. The van der Waals surface area contributed by atoms with Crippen molar-refractivity contribution >= 4 is 23.3 Å². The predicted molar refractivity (Wildman–Crippen MR) is 75.8 cm³/mol. The first-order valence-corrected chi connectivity index (χ1v) is 7.64. The molecule has 2 rings (SSSR count). The highest BCUT2D eigenvalue weighted by Crippen LogP contribution is 2.32. The minimum atomic E-state index is -0.866. The third-order valence-electron chi connectivity index (χ3n) is 3.54. The summed E-state index contributed by atoms with van der Waals surface area (Å²) in [5.41, 5.74) is -0.572. The Kier molecular flexibility index (Phi) is 4.94. The molecule has 0 spiro atoms. The third-order valence-corrected chi connectivity index (χ3v) is 4.38. The highest BCUT2D eigenvalue weighted by Gasteiger charge is 2.37. The molecule has 3 N–H and O–H groups in total. The van der Waals surface area contributed by atoms with Crippen LogP contribution < -0.4 is 10.6 Å². The Morgan fingerprint density at radius 3 is 2.75 bits per heavy atom. The topological polar surface area (TPSA) is 91.3 Å². The summed E-state index contributed by atoms with van der Waals surface area (Å²) in [4.78, 5) is 27.0. The molecule has 1 fully saturated rings. The molecule has 20 heavy (non-hydrogen) atoms. The second-order valence-electron chi connectivity index (χ2n) is 5.11. The van der Waals surface area contributed by atoms with Crippen molar-refractivity contribution in [3.63, 3.8) is 0 Å². The van der Waals surface area contributed by atoms with Crippen LogP contribution in [0.25, 0.3) is 0 Å². The van der Waals surface area contributed by atoms with Crippen LogP contribution in [-0.4, -0.2) is 34.2 Å². The standard InChI is InChI=1S/C13H19N3O3S/c17-11(18)9-13(4-1-2-5-13)16-12(19)15-6-3-10-14-7-8-20-10/h7-8H,1-6,9H2,(H,17,18)(H2,15,16,19). The van der Waals surface area contributed by atoms with Crippen LogP contribution in [0.4, 0.5) is 4.79 Å². The van der Waals surface area contributed by atoms with E-state index in [9.17, 15) is 9.59 Å². The number of aliphatic carboxylic acids is 1. The summed E-state index contributed by atoms with van der Waals surface area (Å²) in [7, 11) is 0. The number of carbonyl (C=O) groups excluding carboxylic acids is 1. The van der Waals surface area contributed by atoms with Crippen molar-refractivity contribution in [2.75, 3.05) is 6.54 Å². The third kappa shape index (κ3) is 4.19. The average molecular weight is 297 g/mol. The second kappa shape index (κ2) is 6.69. The first-order chi connectivity index (χ1) is 9.60. The van der Waals surface area contributed by atoms with Crippen molar-refractivity contribution < 1.29 is 14.7 Å². The summed E-state index contributed by atoms with van der Waals surface area (Å²) in [5, 5.41) is 17.5. The molecule has 7 heteroatoms. The average Bonchev–Trinajstić information content (AvgIpc) is 3.00. The molecule has 1 heterocycles. The van der Waals surface area contributed by atoms with E-state index < -0.39 is 11.5 Å². The van der Waals surface area contributed by atoms with Crippen molar-refractivity contribution in [2.45, 2.75) is 44.1 Å². The largest absolute Gasteiger partial charge is 0.481 e. The zero-order chi connectivity index (χ0) is 14.4. The molecule has 1 aromatic rings. The number of carboxylic acids is 1. The lowest BCUT2D eigenvalue weighted by Crippen LogP contribution is -2.51. The fourth-order valence-corrected chi connectivity index (χ4v) is 3.25. The molecule has 1 saturated carbocycles. The van der Waals surface area contributed by atoms with Crippen LogP contribution in [0, 0.1) is 0 Å². The van der Waals surface area contributed by atoms with E-state index in [0.717, 1.165) is 30.7 Å². The maximum Gasteiger partial charge on any atom is 0.315 e. The van der Waals surface area contributed by atoms with Crippen LogP contribution in [0.15, 0.2) is 11.6 Å². The SMILES string of the molecule is O=C(O)CC1(NC(=O)NCCc2nccs2)CCCC1. The quantitative estimate of drug-likeness (QED) is 0.746. The van der Waals surface area contributed by atoms with Crippen LogP contribution in [0.3, 0.4) is 0 Å². The number of urea groups is 1. The second-order valence-corrected chi connectivity index (χ2v) is 6.09. The molecule has 0 atom stereocenters. The van der Waals surface area contributed by atoms with Gasteiger partial charge in [0.05, 0.1) is 17.0 Å². The number of carboxylic acid groups (broad SMARTS) is 1. The van der Waals surface area contributed by atoms with Gasteiger partial charge in [-0.25, -0.2) is 9.78 Å². The van der Waals surface area contributed by atoms with E-state index in [-0.39, 0.29) is 12.5 Å². The van der Waals surface area contributed by atoms with E-state index >= 15 is 0 Å². The number of amides is 2. The van der Waals surface area contributed by atoms with Crippen molar-refractivity contribution in [1.82, 2.24) is 15.6 Å². The van der Waals surface area contributed by atoms with Crippen molar-refractivity contribution in [2.24, 2.45) is 0 Å². The normalized spacial score (nSPS) is 16.8. The van der Waals surface area contributed by atoms with Crippen LogP contribution in [0.2, 0.25) is 0 Å². The van der Waals surface area contributed by atoms with E-state index in [2.05, 4.69) is 15.6 Å². The Balaban J connectivity index is 1.78. The Morgan fingerprint density at radius 1 is 1.40 bits per heavy atom. The fraction of sp³-hybridized carbons (Fsp3) is 0.615. The lowest BCUT2D eigenvalue weighted by Gasteiger charge is -2.28. The molecule has 2 amide bonds. The summed E-state index contributed by atoms with van der Waals surface area (Å²) in [6.45, 7) is 0.502. The molecule has 0 aromatic carbocycles. The van der Waals surface area contributed by atoms with Gasteiger partial charge in [0.2, 0.25) is 0 Å². The summed E-state index contributed by atoms with van der Waals surface area (Å²) in [6.07, 6.45) is 5.82. The van der Waals surface area contributed by atoms with Gasteiger partial charge < -0.3 is 15.7 Å². The van der Waals surface area contributed by atoms with Gasteiger partial charge in [0.1, 0.15) is 0 Å². The van der Waals surface area contributed by atoms with E-state index in [1.807, 2.05) is 5.38 Å². The molecule has 6 nitrogen and oxygen atoms in total.